The lowest BCUT2D eigenvalue weighted by atomic mass is 10.0. The Labute approximate surface area is 206 Å². The molecule has 0 aromatic heterocycles. The van der Waals surface area contributed by atoms with Crippen LogP contribution in [0.4, 0.5) is 0 Å². The fourth-order valence-corrected chi connectivity index (χ4v) is 3.41. The number of hydrogen-bond acceptors (Lipinski definition) is 7. The summed E-state index contributed by atoms with van der Waals surface area (Å²) in [5.41, 5.74) is 12.1. The molecule has 0 aliphatic carbocycles. The van der Waals surface area contributed by atoms with Crippen molar-refractivity contribution in [3.05, 3.63) is 35.9 Å². The highest BCUT2D eigenvalue weighted by Crippen LogP contribution is 2.08. The van der Waals surface area contributed by atoms with Gasteiger partial charge in [0, 0.05) is 6.42 Å². The van der Waals surface area contributed by atoms with E-state index in [9.17, 15) is 29.4 Å². The van der Waals surface area contributed by atoms with E-state index in [1.54, 1.807) is 30.3 Å². The monoisotopic (exact) mass is 493 g/mol. The Morgan fingerprint density at radius 3 is 2.00 bits per heavy atom. The van der Waals surface area contributed by atoms with Crippen molar-refractivity contribution in [1.29, 1.82) is 0 Å². The standard InChI is InChI=1S/C24H39N5O6/c1-15(2)12-18(27-21(31)17(26)10-6-7-11-25)22(32)29-20(14-30)23(33)28-19(24(34)35)13-16-8-4-3-5-9-16/h3-5,8-9,15,17-20,30H,6-7,10-14,25-26H2,1-2H3,(H,27,31)(H,28,33)(H,29,32)(H,34,35). The normalized spacial score (nSPS) is 14.5. The molecule has 0 saturated heterocycles. The molecule has 35 heavy (non-hydrogen) atoms. The first-order valence-electron chi connectivity index (χ1n) is 11.8. The number of carboxylic acids is 1. The number of unbranched alkanes of at least 4 members (excludes halogenated alkanes) is 1. The van der Waals surface area contributed by atoms with Crippen LogP contribution in [-0.4, -0.2) is 71.2 Å². The maximum atomic E-state index is 12.9. The van der Waals surface area contributed by atoms with Gasteiger partial charge in [-0.15, -0.1) is 0 Å². The van der Waals surface area contributed by atoms with Gasteiger partial charge in [-0.1, -0.05) is 50.6 Å². The average molecular weight is 494 g/mol. The van der Waals surface area contributed by atoms with Gasteiger partial charge in [-0.25, -0.2) is 4.79 Å². The van der Waals surface area contributed by atoms with Crippen LogP contribution in [0.1, 0.15) is 45.1 Å². The quantitative estimate of drug-likeness (QED) is 0.146. The number of carboxylic acid groups (broad SMARTS) is 1. The van der Waals surface area contributed by atoms with Crippen molar-refractivity contribution < 1.29 is 29.4 Å². The fraction of sp³-hybridized carbons (Fsp3) is 0.583. The minimum absolute atomic E-state index is 0.0298. The molecule has 0 spiro atoms. The van der Waals surface area contributed by atoms with Gasteiger partial charge in [-0.2, -0.15) is 0 Å². The molecule has 0 fully saturated rings. The predicted octanol–water partition coefficient (Wildman–Crippen LogP) is -0.737. The summed E-state index contributed by atoms with van der Waals surface area (Å²) in [5, 5.41) is 26.6. The van der Waals surface area contributed by atoms with Crippen molar-refractivity contribution in [3.8, 4) is 0 Å². The molecule has 4 unspecified atom stereocenters. The van der Waals surface area contributed by atoms with Crippen LogP contribution in [0.5, 0.6) is 0 Å². The maximum absolute atomic E-state index is 12.9. The van der Waals surface area contributed by atoms with Crippen LogP contribution in [0.15, 0.2) is 30.3 Å². The summed E-state index contributed by atoms with van der Waals surface area (Å²) >= 11 is 0. The summed E-state index contributed by atoms with van der Waals surface area (Å²) < 4.78 is 0. The van der Waals surface area contributed by atoms with E-state index < -0.39 is 54.5 Å². The fourth-order valence-electron chi connectivity index (χ4n) is 3.41. The first kappa shape index (κ1) is 30.0. The maximum Gasteiger partial charge on any atom is 0.326 e. The highest BCUT2D eigenvalue weighted by Gasteiger charge is 2.30. The van der Waals surface area contributed by atoms with Crippen LogP contribution in [0.2, 0.25) is 0 Å². The number of amides is 3. The molecule has 1 aromatic carbocycles. The molecule has 1 aromatic rings. The van der Waals surface area contributed by atoms with Crippen molar-refractivity contribution in [1.82, 2.24) is 16.0 Å². The Bertz CT molecular complexity index is 820. The second-order valence-electron chi connectivity index (χ2n) is 8.91. The van der Waals surface area contributed by atoms with Gasteiger partial charge in [-0.3, -0.25) is 14.4 Å². The Hall–Kier alpha value is -3.02. The smallest absolute Gasteiger partial charge is 0.326 e. The Morgan fingerprint density at radius 2 is 1.46 bits per heavy atom. The molecule has 4 atom stereocenters. The first-order valence-corrected chi connectivity index (χ1v) is 11.8. The van der Waals surface area contributed by atoms with Crippen LogP contribution in [0.25, 0.3) is 0 Å². The molecule has 0 radical (unpaired) electrons. The predicted molar refractivity (Wildman–Crippen MR) is 131 cm³/mol. The van der Waals surface area contributed by atoms with Gasteiger partial charge in [0.05, 0.1) is 12.6 Å². The summed E-state index contributed by atoms with van der Waals surface area (Å²) in [6.45, 7) is 3.47. The van der Waals surface area contributed by atoms with Crippen molar-refractivity contribution >= 4 is 23.7 Å². The van der Waals surface area contributed by atoms with Crippen LogP contribution in [0.3, 0.4) is 0 Å². The number of benzene rings is 1. The molecule has 0 aliphatic rings. The van der Waals surface area contributed by atoms with Crippen LogP contribution >= 0.6 is 0 Å². The minimum atomic E-state index is -1.40. The largest absolute Gasteiger partial charge is 0.480 e. The SMILES string of the molecule is CC(C)CC(NC(=O)C(N)CCCCN)C(=O)NC(CO)C(=O)NC(Cc1ccccc1)C(=O)O. The number of aliphatic carboxylic acids is 1. The third-order valence-electron chi connectivity index (χ3n) is 5.36. The molecule has 0 aliphatic heterocycles. The Kier molecular flexibility index (Phi) is 13.5. The molecule has 0 heterocycles. The zero-order valence-electron chi connectivity index (χ0n) is 20.4. The zero-order chi connectivity index (χ0) is 26.4. The number of nitrogens with one attached hydrogen (secondary N) is 3. The van der Waals surface area contributed by atoms with E-state index in [4.69, 9.17) is 11.5 Å². The zero-order valence-corrected chi connectivity index (χ0v) is 20.4. The summed E-state index contributed by atoms with van der Waals surface area (Å²) in [7, 11) is 0. The number of rotatable bonds is 16. The molecular formula is C24H39N5O6. The van der Waals surface area contributed by atoms with Gasteiger partial charge >= 0.3 is 5.97 Å². The van der Waals surface area contributed by atoms with Gasteiger partial charge in [0.2, 0.25) is 17.7 Å². The van der Waals surface area contributed by atoms with E-state index in [2.05, 4.69) is 16.0 Å². The Balaban J connectivity index is 2.82. The van der Waals surface area contributed by atoms with E-state index >= 15 is 0 Å². The minimum Gasteiger partial charge on any atom is -0.480 e. The molecule has 0 bridgehead atoms. The van der Waals surface area contributed by atoms with Gasteiger partial charge in [0.15, 0.2) is 0 Å². The molecule has 11 nitrogen and oxygen atoms in total. The molecule has 1 rings (SSSR count). The molecule has 9 N–H and O–H groups in total. The van der Waals surface area contributed by atoms with Crippen molar-refractivity contribution in [2.24, 2.45) is 17.4 Å². The number of nitrogens with two attached hydrogens (primary N) is 2. The van der Waals surface area contributed by atoms with Crippen molar-refractivity contribution in [3.63, 3.8) is 0 Å². The van der Waals surface area contributed by atoms with Gasteiger partial charge in [0.1, 0.15) is 18.1 Å². The highest BCUT2D eigenvalue weighted by atomic mass is 16.4. The molecule has 196 valence electrons. The summed E-state index contributed by atoms with van der Waals surface area (Å²) in [6.07, 6.45) is 2.12. The third-order valence-corrected chi connectivity index (χ3v) is 5.36. The van der Waals surface area contributed by atoms with E-state index in [0.717, 1.165) is 6.42 Å². The van der Waals surface area contributed by atoms with Crippen molar-refractivity contribution in [2.45, 2.75) is 70.1 Å². The van der Waals surface area contributed by atoms with Crippen LogP contribution < -0.4 is 27.4 Å². The Morgan fingerprint density at radius 1 is 0.886 bits per heavy atom. The average Bonchev–Trinajstić information content (AvgIpc) is 2.81. The van der Waals surface area contributed by atoms with Gasteiger partial charge < -0.3 is 37.6 Å². The number of carbonyl (C=O) groups excluding carboxylic acids is 3. The molecular weight excluding hydrogens is 454 g/mol. The summed E-state index contributed by atoms with van der Waals surface area (Å²) in [5.74, 6) is -3.24. The lowest BCUT2D eigenvalue weighted by Gasteiger charge is -2.25. The van der Waals surface area contributed by atoms with E-state index in [-0.39, 0.29) is 18.8 Å². The van der Waals surface area contributed by atoms with Gasteiger partial charge in [0.25, 0.3) is 0 Å². The second-order valence-corrected chi connectivity index (χ2v) is 8.91. The number of aliphatic hydroxyl groups excluding tert-OH is 1. The number of carbonyl (C=O) groups is 4. The van der Waals surface area contributed by atoms with Crippen LogP contribution in [0, 0.1) is 5.92 Å². The van der Waals surface area contributed by atoms with E-state index in [1.807, 2.05) is 13.8 Å². The lowest BCUT2D eigenvalue weighted by Crippen LogP contribution is -2.58. The molecule has 11 heteroatoms. The lowest BCUT2D eigenvalue weighted by molar-refractivity contribution is -0.142. The first-order chi connectivity index (χ1) is 16.6. The third kappa shape index (κ3) is 11.3. The van der Waals surface area contributed by atoms with Gasteiger partial charge in [-0.05, 0) is 37.3 Å². The van der Waals surface area contributed by atoms with E-state index in [1.165, 1.54) is 0 Å². The van der Waals surface area contributed by atoms with E-state index in [0.29, 0.717) is 24.9 Å². The molecule has 3 amide bonds. The van der Waals surface area contributed by atoms with Crippen LogP contribution in [-0.2, 0) is 25.6 Å². The summed E-state index contributed by atoms with van der Waals surface area (Å²) in [4.78, 5) is 49.7. The van der Waals surface area contributed by atoms with Crippen molar-refractivity contribution in [2.75, 3.05) is 13.2 Å². The second kappa shape index (κ2) is 15.8. The topological polar surface area (TPSA) is 197 Å². The number of aliphatic hydroxyl groups is 1. The summed E-state index contributed by atoms with van der Waals surface area (Å²) in [6, 6.07) is 4.30. The highest BCUT2D eigenvalue weighted by molar-refractivity contribution is 5.94. The molecule has 0 saturated carbocycles. The number of hydrogen-bond donors (Lipinski definition) is 7.